The highest BCUT2D eigenvalue weighted by atomic mass is 32.1. The number of carbonyl (C=O) groups excluding carboxylic acids is 3. The van der Waals surface area contributed by atoms with Crippen LogP contribution in [0.1, 0.15) is 64.8 Å². The Balaban J connectivity index is 1.69. The van der Waals surface area contributed by atoms with Crippen molar-refractivity contribution in [3.05, 3.63) is 41.0 Å². The summed E-state index contributed by atoms with van der Waals surface area (Å²) in [5.74, 6) is -0.618. The molecule has 0 unspecified atom stereocenters. The molecule has 3 atom stereocenters. The topological polar surface area (TPSA) is 91.4 Å². The van der Waals surface area contributed by atoms with Crippen LogP contribution in [0.15, 0.2) is 29.8 Å². The van der Waals surface area contributed by atoms with Gasteiger partial charge in [-0.05, 0) is 43.2 Å². The molecule has 1 aromatic heterocycles. The van der Waals surface area contributed by atoms with Gasteiger partial charge in [0, 0.05) is 13.5 Å². The van der Waals surface area contributed by atoms with E-state index in [1.165, 1.54) is 6.92 Å². The van der Waals surface area contributed by atoms with Crippen LogP contribution in [0.3, 0.4) is 0 Å². The zero-order chi connectivity index (χ0) is 24.3. The van der Waals surface area contributed by atoms with Crippen molar-refractivity contribution < 1.29 is 14.4 Å². The highest BCUT2D eigenvalue weighted by Gasteiger charge is 2.41. The Labute approximate surface area is 200 Å². The number of thiazole rings is 1. The van der Waals surface area contributed by atoms with Gasteiger partial charge in [0.25, 0.3) is 0 Å². The second-order valence-corrected chi connectivity index (χ2v) is 10.7. The molecule has 1 fully saturated rings. The van der Waals surface area contributed by atoms with Crippen LogP contribution in [0.5, 0.6) is 0 Å². The van der Waals surface area contributed by atoms with Crippen LogP contribution in [0.25, 0.3) is 10.4 Å². The van der Waals surface area contributed by atoms with Crippen LogP contribution in [-0.2, 0) is 14.4 Å². The van der Waals surface area contributed by atoms with E-state index in [0.717, 1.165) is 28.1 Å². The third-order valence-electron chi connectivity index (χ3n) is 6.08. The Bertz CT molecular complexity index is 1010. The molecule has 3 amide bonds. The molecule has 1 aliphatic heterocycles. The summed E-state index contributed by atoms with van der Waals surface area (Å²) >= 11 is 1.61. The summed E-state index contributed by atoms with van der Waals surface area (Å²) in [6, 6.07) is 6.73. The Kier molecular flexibility index (Phi) is 7.57. The SMILES string of the molecule is CC(=O)N[C@H](C(=O)N1CCC[C@H]1C(=O)N[C@@H](C)c1ccc(-c2scnc2C)cc1)C(C)(C)C. The van der Waals surface area contributed by atoms with Gasteiger partial charge in [-0.15, -0.1) is 11.3 Å². The molecule has 1 saturated heterocycles. The molecule has 8 heteroatoms. The van der Waals surface area contributed by atoms with Crippen molar-refractivity contribution >= 4 is 29.1 Å². The lowest BCUT2D eigenvalue weighted by Gasteiger charge is -2.35. The summed E-state index contributed by atoms with van der Waals surface area (Å²) in [6.07, 6.45) is 1.38. The molecular weight excluding hydrogens is 436 g/mol. The zero-order valence-electron chi connectivity index (χ0n) is 20.3. The Morgan fingerprint density at radius 1 is 1.15 bits per heavy atom. The van der Waals surface area contributed by atoms with Gasteiger partial charge < -0.3 is 15.5 Å². The number of amides is 3. The highest BCUT2D eigenvalue weighted by molar-refractivity contribution is 7.13. The van der Waals surface area contributed by atoms with E-state index in [1.807, 2.05) is 64.4 Å². The number of hydrogen-bond acceptors (Lipinski definition) is 5. The molecule has 7 nitrogen and oxygen atoms in total. The van der Waals surface area contributed by atoms with Gasteiger partial charge in [-0.3, -0.25) is 14.4 Å². The average Bonchev–Trinajstić information content (AvgIpc) is 3.40. The van der Waals surface area contributed by atoms with Gasteiger partial charge in [-0.25, -0.2) is 4.98 Å². The second-order valence-electron chi connectivity index (χ2n) is 9.81. The van der Waals surface area contributed by atoms with E-state index in [4.69, 9.17) is 0 Å². The normalized spacial score (nSPS) is 18.0. The smallest absolute Gasteiger partial charge is 0.246 e. The Hall–Kier alpha value is -2.74. The molecule has 3 rings (SSSR count). The van der Waals surface area contributed by atoms with Crippen molar-refractivity contribution in [3.63, 3.8) is 0 Å². The summed E-state index contributed by atoms with van der Waals surface area (Å²) < 4.78 is 0. The summed E-state index contributed by atoms with van der Waals surface area (Å²) in [7, 11) is 0. The largest absolute Gasteiger partial charge is 0.348 e. The average molecular weight is 471 g/mol. The first kappa shape index (κ1) is 24.9. The molecule has 2 N–H and O–H groups in total. The van der Waals surface area contributed by atoms with Gasteiger partial charge in [0.1, 0.15) is 12.1 Å². The predicted octanol–water partition coefficient (Wildman–Crippen LogP) is 3.84. The van der Waals surface area contributed by atoms with Gasteiger partial charge in [0.05, 0.1) is 22.1 Å². The minimum Gasteiger partial charge on any atom is -0.348 e. The van der Waals surface area contributed by atoms with Crippen molar-refractivity contribution in [3.8, 4) is 10.4 Å². The van der Waals surface area contributed by atoms with E-state index < -0.39 is 17.5 Å². The zero-order valence-corrected chi connectivity index (χ0v) is 21.1. The summed E-state index contributed by atoms with van der Waals surface area (Å²) in [6.45, 7) is 11.6. The number of nitrogens with zero attached hydrogens (tertiary/aromatic N) is 2. The van der Waals surface area contributed by atoms with Crippen molar-refractivity contribution in [2.24, 2.45) is 5.41 Å². The van der Waals surface area contributed by atoms with E-state index in [0.29, 0.717) is 13.0 Å². The lowest BCUT2D eigenvalue weighted by atomic mass is 9.85. The maximum absolute atomic E-state index is 13.3. The lowest BCUT2D eigenvalue weighted by molar-refractivity contribution is -0.143. The molecule has 0 aliphatic carbocycles. The lowest BCUT2D eigenvalue weighted by Crippen LogP contribution is -2.57. The molecule has 0 spiro atoms. The fraction of sp³-hybridized carbons (Fsp3) is 0.520. The number of aryl methyl sites for hydroxylation is 1. The third-order valence-corrected chi connectivity index (χ3v) is 7.05. The van der Waals surface area contributed by atoms with Crippen LogP contribution in [0, 0.1) is 12.3 Å². The Morgan fingerprint density at radius 2 is 1.82 bits per heavy atom. The third kappa shape index (κ3) is 5.79. The van der Waals surface area contributed by atoms with Crippen LogP contribution >= 0.6 is 11.3 Å². The maximum Gasteiger partial charge on any atom is 0.246 e. The second kappa shape index (κ2) is 10.0. The van der Waals surface area contributed by atoms with Gasteiger partial charge >= 0.3 is 0 Å². The van der Waals surface area contributed by atoms with Gasteiger partial charge in [0.15, 0.2) is 0 Å². The number of benzene rings is 1. The quantitative estimate of drug-likeness (QED) is 0.671. The molecule has 178 valence electrons. The Morgan fingerprint density at radius 3 is 2.36 bits per heavy atom. The number of rotatable bonds is 6. The summed E-state index contributed by atoms with van der Waals surface area (Å²) in [5.41, 5.74) is 4.49. The molecule has 33 heavy (non-hydrogen) atoms. The molecule has 2 heterocycles. The van der Waals surface area contributed by atoms with Gasteiger partial charge in [0.2, 0.25) is 17.7 Å². The van der Waals surface area contributed by atoms with E-state index in [9.17, 15) is 14.4 Å². The summed E-state index contributed by atoms with van der Waals surface area (Å²) in [4.78, 5) is 45.2. The molecule has 0 radical (unpaired) electrons. The standard InChI is InChI=1S/C25H34N4O3S/c1-15(18-9-11-19(12-10-18)21-16(2)26-14-33-21)27-23(31)20-8-7-13-29(20)24(32)22(25(4,5)6)28-17(3)30/h9-12,14-15,20,22H,7-8,13H2,1-6H3,(H,27,31)(H,28,30)/t15-,20-,22+/m0/s1. The number of hydrogen-bond donors (Lipinski definition) is 2. The minimum atomic E-state index is -0.677. The van der Waals surface area contributed by atoms with Crippen LogP contribution in [0.2, 0.25) is 0 Å². The van der Waals surface area contributed by atoms with E-state index >= 15 is 0 Å². The number of carbonyl (C=O) groups is 3. The van der Waals surface area contributed by atoms with E-state index in [2.05, 4.69) is 15.6 Å². The molecular formula is C25H34N4O3S. The predicted molar refractivity (Wildman–Crippen MR) is 131 cm³/mol. The maximum atomic E-state index is 13.3. The number of nitrogens with one attached hydrogen (secondary N) is 2. The monoisotopic (exact) mass is 470 g/mol. The minimum absolute atomic E-state index is 0.161. The van der Waals surface area contributed by atoms with E-state index in [-0.39, 0.29) is 23.8 Å². The fourth-order valence-corrected chi connectivity index (χ4v) is 5.03. The first-order chi connectivity index (χ1) is 15.5. The van der Waals surface area contributed by atoms with Gasteiger partial charge in [-0.2, -0.15) is 0 Å². The molecule has 0 bridgehead atoms. The molecule has 1 aliphatic rings. The van der Waals surface area contributed by atoms with E-state index in [1.54, 1.807) is 16.2 Å². The first-order valence-corrected chi connectivity index (χ1v) is 12.3. The molecule has 0 saturated carbocycles. The molecule has 2 aromatic rings. The van der Waals surface area contributed by atoms with Crippen molar-refractivity contribution in [1.29, 1.82) is 0 Å². The number of aromatic nitrogens is 1. The highest BCUT2D eigenvalue weighted by Crippen LogP contribution is 2.29. The molecule has 1 aromatic carbocycles. The van der Waals surface area contributed by atoms with Crippen LogP contribution in [0.4, 0.5) is 0 Å². The summed E-state index contributed by atoms with van der Waals surface area (Å²) in [5, 5.41) is 5.85. The number of likely N-dealkylation sites (tertiary alicyclic amines) is 1. The van der Waals surface area contributed by atoms with Crippen molar-refractivity contribution in [2.75, 3.05) is 6.54 Å². The van der Waals surface area contributed by atoms with Gasteiger partial charge in [-0.1, -0.05) is 45.0 Å². The van der Waals surface area contributed by atoms with Crippen LogP contribution < -0.4 is 10.6 Å². The van der Waals surface area contributed by atoms with Crippen molar-refractivity contribution in [1.82, 2.24) is 20.5 Å². The first-order valence-electron chi connectivity index (χ1n) is 11.4. The van der Waals surface area contributed by atoms with Crippen LogP contribution in [-0.4, -0.2) is 46.2 Å². The van der Waals surface area contributed by atoms with Crippen molar-refractivity contribution in [2.45, 2.75) is 72.5 Å². The fourth-order valence-electron chi connectivity index (χ4n) is 4.22.